The number of likely N-dealkylation sites (tertiary alicyclic amines) is 1. The van der Waals surface area contributed by atoms with Gasteiger partial charge in [0.25, 0.3) is 0 Å². The molecule has 0 aromatic carbocycles. The van der Waals surface area contributed by atoms with E-state index in [4.69, 9.17) is 11.6 Å². The number of amides is 1. The van der Waals surface area contributed by atoms with Gasteiger partial charge >= 0.3 is 0 Å². The van der Waals surface area contributed by atoms with Crippen LogP contribution >= 0.6 is 11.6 Å². The average Bonchev–Trinajstić information content (AvgIpc) is 2.88. The first-order valence-corrected chi connectivity index (χ1v) is 5.61. The second kappa shape index (κ2) is 3.87. The maximum absolute atomic E-state index is 11.7. The van der Waals surface area contributed by atoms with Gasteiger partial charge in [0.2, 0.25) is 5.91 Å². The van der Waals surface area contributed by atoms with Crippen LogP contribution in [-0.4, -0.2) is 29.3 Å². The number of hydrogen-bond donors (Lipinski definition) is 0. The van der Waals surface area contributed by atoms with Gasteiger partial charge in [-0.2, -0.15) is 0 Å². The lowest BCUT2D eigenvalue weighted by molar-refractivity contribution is -0.132. The Labute approximate surface area is 84.2 Å². The molecule has 0 radical (unpaired) electrons. The van der Waals surface area contributed by atoms with Gasteiger partial charge in [0, 0.05) is 19.5 Å². The van der Waals surface area contributed by atoms with Crippen LogP contribution in [0.2, 0.25) is 0 Å². The van der Waals surface area contributed by atoms with Crippen molar-refractivity contribution < 1.29 is 4.79 Å². The van der Waals surface area contributed by atoms with Crippen LogP contribution < -0.4 is 0 Å². The fourth-order valence-electron chi connectivity index (χ4n) is 1.85. The molecule has 2 fully saturated rings. The fraction of sp³-hybridized carbons (Fsp3) is 0.900. The lowest BCUT2D eigenvalue weighted by Gasteiger charge is -2.29. The quantitative estimate of drug-likeness (QED) is 0.626. The Morgan fingerprint density at radius 1 is 1.38 bits per heavy atom. The van der Waals surface area contributed by atoms with E-state index in [9.17, 15) is 4.79 Å². The third kappa shape index (κ3) is 2.60. The molecular weight excluding hydrogens is 186 g/mol. The standard InChI is InChI=1S/C10H16ClNO/c11-9-2-1-5-12(7-9)10(13)6-8-3-4-8/h8-9H,1-7H2. The summed E-state index contributed by atoms with van der Waals surface area (Å²) in [7, 11) is 0. The third-order valence-electron chi connectivity index (χ3n) is 2.88. The number of carbonyl (C=O) groups is 1. The number of rotatable bonds is 2. The Hall–Kier alpha value is -0.240. The molecule has 2 aliphatic rings. The van der Waals surface area contributed by atoms with Crippen molar-refractivity contribution in [3.63, 3.8) is 0 Å². The van der Waals surface area contributed by atoms with Crippen LogP contribution in [0.5, 0.6) is 0 Å². The van der Waals surface area contributed by atoms with E-state index in [1.807, 2.05) is 4.90 Å². The molecule has 1 aliphatic carbocycles. The zero-order chi connectivity index (χ0) is 9.26. The molecular formula is C10H16ClNO. The first-order chi connectivity index (χ1) is 6.25. The van der Waals surface area contributed by atoms with Gasteiger partial charge in [-0.15, -0.1) is 11.6 Å². The zero-order valence-electron chi connectivity index (χ0n) is 7.84. The van der Waals surface area contributed by atoms with Crippen molar-refractivity contribution in [1.29, 1.82) is 0 Å². The summed E-state index contributed by atoms with van der Waals surface area (Å²) < 4.78 is 0. The monoisotopic (exact) mass is 201 g/mol. The van der Waals surface area contributed by atoms with E-state index in [1.165, 1.54) is 12.8 Å². The minimum atomic E-state index is 0.192. The zero-order valence-corrected chi connectivity index (χ0v) is 8.59. The molecule has 0 bridgehead atoms. The summed E-state index contributed by atoms with van der Waals surface area (Å²) >= 11 is 6.01. The summed E-state index contributed by atoms with van der Waals surface area (Å²) in [5.41, 5.74) is 0. The van der Waals surface area contributed by atoms with Crippen LogP contribution in [0, 0.1) is 5.92 Å². The molecule has 1 aliphatic heterocycles. The molecule has 0 aromatic rings. The van der Waals surface area contributed by atoms with Crippen molar-refractivity contribution in [2.45, 2.75) is 37.5 Å². The lowest BCUT2D eigenvalue weighted by atomic mass is 10.1. The molecule has 1 atom stereocenters. The van der Waals surface area contributed by atoms with Crippen molar-refractivity contribution >= 4 is 17.5 Å². The van der Waals surface area contributed by atoms with Crippen molar-refractivity contribution in [3.8, 4) is 0 Å². The number of hydrogen-bond acceptors (Lipinski definition) is 1. The summed E-state index contributed by atoms with van der Waals surface area (Å²) in [4.78, 5) is 13.6. The lowest BCUT2D eigenvalue weighted by Crippen LogP contribution is -2.40. The second-order valence-corrected chi connectivity index (χ2v) is 4.84. The Bertz CT molecular complexity index is 203. The molecule has 1 saturated heterocycles. The van der Waals surface area contributed by atoms with Gasteiger partial charge < -0.3 is 4.90 Å². The predicted molar refractivity (Wildman–Crippen MR) is 52.8 cm³/mol. The molecule has 1 saturated carbocycles. The van der Waals surface area contributed by atoms with E-state index in [2.05, 4.69) is 0 Å². The minimum Gasteiger partial charge on any atom is -0.341 e. The number of piperidine rings is 1. The molecule has 0 N–H and O–H groups in total. The van der Waals surface area contributed by atoms with E-state index >= 15 is 0 Å². The Balaban J connectivity index is 1.80. The van der Waals surface area contributed by atoms with Gasteiger partial charge in [0.15, 0.2) is 0 Å². The van der Waals surface area contributed by atoms with Crippen molar-refractivity contribution in [2.75, 3.05) is 13.1 Å². The summed E-state index contributed by atoms with van der Waals surface area (Å²) in [5.74, 6) is 1.02. The van der Waals surface area contributed by atoms with Crippen LogP contribution in [-0.2, 0) is 4.79 Å². The number of alkyl halides is 1. The topological polar surface area (TPSA) is 20.3 Å². The molecule has 0 aromatic heterocycles. The van der Waals surface area contributed by atoms with Gasteiger partial charge in [0.05, 0.1) is 5.38 Å². The molecule has 1 unspecified atom stereocenters. The van der Waals surface area contributed by atoms with Crippen molar-refractivity contribution in [3.05, 3.63) is 0 Å². The van der Waals surface area contributed by atoms with Crippen LogP contribution in [0.4, 0.5) is 0 Å². The van der Waals surface area contributed by atoms with E-state index in [1.54, 1.807) is 0 Å². The molecule has 74 valence electrons. The average molecular weight is 202 g/mol. The molecule has 3 heteroatoms. The van der Waals surface area contributed by atoms with Crippen LogP contribution in [0.1, 0.15) is 32.1 Å². The largest absolute Gasteiger partial charge is 0.341 e. The van der Waals surface area contributed by atoms with Crippen LogP contribution in [0.15, 0.2) is 0 Å². The van der Waals surface area contributed by atoms with E-state index in [-0.39, 0.29) is 5.38 Å². The van der Waals surface area contributed by atoms with Gasteiger partial charge in [-0.1, -0.05) is 0 Å². The highest BCUT2D eigenvalue weighted by Crippen LogP contribution is 2.33. The first-order valence-electron chi connectivity index (χ1n) is 5.17. The summed E-state index contributed by atoms with van der Waals surface area (Å²) in [6.45, 7) is 1.70. The molecule has 2 nitrogen and oxygen atoms in total. The van der Waals surface area contributed by atoms with Gasteiger partial charge in [-0.25, -0.2) is 0 Å². The highest BCUT2D eigenvalue weighted by molar-refractivity contribution is 6.20. The van der Waals surface area contributed by atoms with Crippen molar-refractivity contribution in [1.82, 2.24) is 4.90 Å². The third-order valence-corrected chi connectivity index (χ3v) is 3.23. The van der Waals surface area contributed by atoms with Crippen LogP contribution in [0.3, 0.4) is 0 Å². The Kier molecular flexibility index (Phi) is 2.77. The smallest absolute Gasteiger partial charge is 0.222 e. The molecule has 1 heterocycles. The molecule has 2 rings (SSSR count). The normalized spacial score (nSPS) is 29.0. The van der Waals surface area contributed by atoms with Crippen LogP contribution in [0.25, 0.3) is 0 Å². The van der Waals surface area contributed by atoms with Gasteiger partial charge in [-0.05, 0) is 31.6 Å². The summed E-state index contributed by atoms with van der Waals surface area (Å²) in [5, 5.41) is 0.192. The number of halogens is 1. The number of nitrogens with zero attached hydrogens (tertiary/aromatic N) is 1. The molecule has 0 spiro atoms. The number of carbonyl (C=O) groups excluding carboxylic acids is 1. The fourth-order valence-corrected chi connectivity index (χ4v) is 2.17. The van der Waals surface area contributed by atoms with E-state index in [0.29, 0.717) is 11.8 Å². The summed E-state index contributed by atoms with van der Waals surface area (Å²) in [6, 6.07) is 0. The van der Waals surface area contributed by atoms with E-state index < -0.39 is 0 Å². The van der Waals surface area contributed by atoms with E-state index in [0.717, 1.165) is 32.4 Å². The van der Waals surface area contributed by atoms with Crippen molar-refractivity contribution in [2.24, 2.45) is 5.92 Å². The minimum absolute atomic E-state index is 0.192. The Morgan fingerprint density at radius 2 is 2.15 bits per heavy atom. The summed E-state index contributed by atoms with van der Waals surface area (Å²) in [6.07, 6.45) is 5.41. The maximum atomic E-state index is 11.7. The SMILES string of the molecule is O=C(CC1CC1)N1CCCC(Cl)C1. The molecule has 1 amide bonds. The highest BCUT2D eigenvalue weighted by atomic mass is 35.5. The Morgan fingerprint density at radius 3 is 2.77 bits per heavy atom. The predicted octanol–water partition coefficient (Wildman–Crippen LogP) is 2.02. The van der Waals surface area contributed by atoms with Gasteiger partial charge in [-0.3, -0.25) is 4.79 Å². The molecule has 13 heavy (non-hydrogen) atoms. The maximum Gasteiger partial charge on any atom is 0.222 e. The first kappa shape index (κ1) is 9.32. The second-order valence-electron chi connectivity index (χ2n) is 4.23. The highest BCUT2D eigenvalue weighted by Gasteiger charge is 2.28. The van der Waals surface area contributed by atoms with Gasteiger partial charge in [0.1, 0.15) is 0 Å².